The van der Waals surface area contributed by atoms with Gasteiger partial charge in [-0.05, 0) is 36.6 Å². The van der Waals surface area contributed by atoms with E-state index in [1.54, 1.807) is 36.0 Å². The molecule has 21 heavy (non-hydrogen) atoms. The van der Waals surface area contributed by atoms with Crippen molar-refractivity contribution < 1.29 is 9.59 Å². The fraction of sp³-hybridized carbons (Fsp3) is 0.385. The topological polar surface area (TPSA) is 96.2 Å². The summed E-state index contributed by atoms with van der Waals surface area (Å²) in [5.74, 6) is 0.614. The monoisotopic (exact) mass is 332 g/mol. The molecule has 0 aromatic heterocycles. The van der Waals surface area contributed by atoms with E-state index in [-0.39, 0.29) is 24.3 Å². The summed E-state index contributed by atoms with van der Waals surface area (Å²) in [6.45, 7) is 0. The van der Waals surface area contributed by atoms with Crippen molar-refractivity contribution in [1.29, 1.82) is 0 Å². The second kappa shape index (κ2) is 10.3. The largest absolute Gasteiger partial charge is 0.341 e. The lowest BCUT2D eigenvalue weighted by atomic mass is 10.2. The third-order valence-electron chi connectivity index (χ3n) is 2.58. The molecule has 1 aromatic carbocycles. The van der Waals surface area contributed by atoms with Gasteiger partial charge in [0.25, 0.3) is 0 Å². The number of nitrogens with two attached hydrogens (primary N) is 1. The van der Waals surface area contributed by atoms with Gasteiger partial charge in [-0.1, -0.05) is 6.07 Å². The summed E-state index contributed by atoms with van der Waals surface area (Å²) in [6.07, 6.45) is 2.60. The van der Waals surface area contributed by atoms with E-state index in [9.17, 15) is 9.59 Å². The summed E-state index contributed by atoms with van der Waals surface area (Å²) in [5.41, 5.74) is 6.98. The van der Waals surface area contributed by atoms with Crippen LogP contribution in [0.2, 0.25) is 0 Å². The minimum atomic E-state index is -0.530. The summed E-state index contributed by atoms with van der Waals surface area (Å²) in [4.78, 5) is 23.1. The smallest absolute Gasteiger partial charge is 0.318 e. The van der Waals surface area contributed by atoms with Gasteiger partial charge in [-0.3, -0.25) is 4.79 Å². The number of halogens is 1. The van der Waals surface area contributed by atoms with Crippen LogP contribution in [0.5, 0.6) is 0 Å². The van der Waals surface area contributed by atoms with Crippen molar-refractivity contribution in [3.8, 4) is 0 Å². The van der Waals surface area contributed by atoms with Crippen LogP contribution in [0.1, 0.15) is 6.42 Å². The summed E-state index contributed by atoms with van der Waals surface area (Å²) < 4.78 is 0. The lowest BCUT2D eigenvalue weighted by molar-refractivity contribution is -0.117. The molecule has 0 fully saturated rings. The molecule has 0 saturated heterocycles. The fourth-order valence-corrected chi connectivity index (χ4v) is 1.97. The Morgan fingerprint density at radius 2 is 1.90 bits per heavy atom. The number of hydrogen-bond donors (Lipinski definition) is 4. The Morgan fingerprint density at radius 3 is 2.48 bits per heavy atom. The molecule has 5 N–H and O–H groups in total. The van der Waals surface area contributed by atoms with E-state index in [1.807, 2.05) is 6.26 Å². The van der Waals surface area contributed by atoms with Crippen molar-refractivity contribution in [1.82, 2.24) is 5.32 Å². The molecule has 0 aliphatic rings. The number of urea groups is 1. The first kappa shape index (κ1) is 19.6. The zero-order chi connectivity index (χ0) is 15.0. The molecule has 0 spiro atoms. The van der Waals surface area contributed by atoms with Gasteiger partial charge in [0.05, 0.1) is 6.04 Å². The number of amides is 3. The van der Waals surface area contributed by atoms with Crippen LogP contribution in [-0.2, 0) is 4.79 Å². The normalized spacial score (nSPS) is 11.0. The van der Waals surface area contributed by atoms with Gasteiger partial charge in [-0.25, -0.2) is 4.79 Å². The van der Waals surface area contributed by atoms with E-state index in [0.717, 1.165) is 5.75 Å². The second-order valence-electron chi connectivity index (χ2n) is 4.16. The third kappa shape index (κ3) is 7.22. The Hall–Kier alpha value is -1.44. The van der Waals surface area contributed by atoms with E-state index < -0.39 is 6.04 Å². The van der Waals surface area contributed by atoms with Gasteiger partial charge in [-0.15, -0.1) is 12.4 Å². The predicted octanol–water partition coefficient (Wildman–Crippen LogP) is 1.88. The number of carbonyl (C=O) groups is 2. The molecule has 6 nitrogen and oxygen atoms in total. The molecular weight excluding hydrogens is 312 g/mol. The van der Waals surface area contributed by atoms with Gasteiger partial charge in [0.2, 0.25) is 5.91 Å². The Balaban J connectivity index is 0.00000400. The summed E-state index contributed by atoms with van der Waals surface area (Å²) >= 11 is 1.65. The standard InChI is InChI=1S/C13H20N4O2S.ClH/c1-15-13(19)17-10-5-3-4-9(8-10)16-12(18)11(14)6-7-20-2;/h3-5,8,11H,6-7,14H2,1-2H3,(H,16,18)(H2,15,17,19);1H/t11-;/m0./s1. The molecule has 0 unspecified atom stereocenters. The molecule has 8 heteroatoms. The van der Waals surface area contributed by atoms with Gasteiger partial charge in [0.15, 0.2) is 0 Å². The van der Waals surface area contributed by atoms with Crippen molar-refractivity contribution in [2.45, 2.75) is 12.5 Å². The molecule has 3 amide bonds. The zero-order valence-corrected chi connectivity index (χ0v) is 13.6. The van der Waals surface area contributed by atoms with E-state index in [4.69, 9.17) is 5.73 Å². The highest BCUT2D eigenvalue weighted by Crippen LogP contribution is 2.15. The average molecular weight is 333 g/mol. The molecule has 0 aliphatic heterocycles. The van der Waals surface area contributed by atoms with Gasteiger partial charge < -0.3 is 21.7 Å². The first-order chi connectivity index (χ1) is 9.56. The minimum Gasteiger partial charge on any atom is -0.341 e. The van der Waals surface area contributed by atoms with Crippen molar-refractivity contribution in [2.24, 2.45) is 5.73 Å². The first-order valence-electron chi connectivity index (χ1n) is 6.21. The number of benzene rings is 1. The van der Waals surface area contributed by atoms with Crippen LogP contribution >= 0.6 is 24.2 Å². The SMILES string of the molecule is CNC(=O)Nc1cccc(NC(=O)[C@@H](N)CCSC)c1.Cl. The highest BCUT2D eigenvalue weighted by Gasteiger charge is 2.13. The highest BCUT2D eigenvalue weighted by molar-refractivity contribution is 7.98. The van der Waals surface area contributed by atoms with Gasteiger partial charge in [0, 0.05) is 18.4 Å². The molecule has 1 aromatic rings. The number of rotatable bonds is 6. The summed E-state index contributed by atoms with van der Waals surface area (Å²) in [5, 5.41) is 7.83. The maximum absolute atomic E-state index is 11.9. The van der Waals surface area contributed by atoms with Crippen LogP contribution in [0.4, 0.5) is 16.2 Å². The van der Waals surface area contributed by atoms with Crippen molar-refractivity contribution in [3.63, 3.8) is 0 Å². The van der Waals surface area contributed by atoms with Crippen LogP contribution in [0.15, 0.2) is 24.3 Å². The summed E-state index contributed by atoms with van der Waals surface area (Å²) in [7, 11) is 1.53. The predicted molar refractivity (Wildman–Crippen MR) is 91.4 cm³/mol. The van der Waals surface area contributed by atoms with Crippen molar-refractivity contribution in [2.75, 3.05) is 29.7 Å². The molecule has 0 saturated carbocycles. The number of hydrogen-bond acceptors (Lipinski definition) is 4. The maximum atomic E-state index is 11.9. The third-order valence-corrected chi connectivity index (χ3v) is 3.23. The van der Waals surface area contributed by atoms with Crippen molar-refractivity contribution >= 4 is 47.5 Å². The van der Waals surface area contributed by atoms with E-state index in [2.05, 4.69) is 16.0 Å². The lowest BCUT2D eigenvalue weighted by Gasteiger charge is -2.12. The van der Waals surface area contributed by atoms with Crippen molar-refractivity contribution in [3.05, 3.63) is 24.3 Å². The van der Waals surface area contributed by atoms with Crippen LogP contribution in [0.3, 0.4) is 0 Å². The van der Waals surface area contributed by atoms with E-state index in [1.165, 1.54) is 7.05 Å². The van der Waals surface area contributed by atoms with Crippen LogP contribution in [0, 0.1) is 0 Å². The van der Waals surface area contributed by atoms with Gasteiger partial charge >= 0.3 is 6.03 Å². The number of thioether (sulfide) groups is 1. The van der Waals surface area contributed by atoms with Gasteiger partial charge in [0.1, 0.15) is 0 Å². The average Bonchev–Trinajstić information content (AvgIpc) is 2.44. The first-order valence-corrected chi connectivity index (χ1v) is 7.60. The number of nitrogens with one attached hydrogen (secondary N) is 3. The summed E-state index contributed by atoms with van der Waals surface area (Å²) in [6, 6.07) is 6.05. The molecular formula is C13H21ClN4O2S. The second-order valence-corrected chi connectivity index (χ2v) is 5.15. The lowest BCUT2D eigenvalue weighted by Crippen LogP contribution is -2.36. The molecule has 1 atom stereocenters. The Labute approximate surface area is 135 Å². The van der Waals surface area contributed by atoms with Crippen LogP contribution < -0.4 is 21.7 Å². The zero-order valence-electron chi connectivity index (χ0n) is 12.0. The molecule has 0 heterocycles. The fourth-order valence-electron chi connectivity index (χ4n) is 1.48. The van der Waals surface area contributed by atoms with E-state index in [0.29, 0.717) is 17.8 Å². The Morgan fingerprint density at radius 1 is 1.29 bits per heavy atom. The van der Waals surface area contributed by atoms with Crippen LogP contribution in [-0.4, -0.2) is 37.0 Å². The highest BCUT2D eigenvalue weighted by atomic mass is 35.5. The van der Waals surface area contributed by atoms with Crippen LogP contribution in [0.25, 0.3) is 0 Å². The quantitative estimate of drug-likeness (QED) is 0.639. The Kier molecular flexibility index (Phi) is 9.60. The van der Waals surface area contributed by atoms with Gasteiger partial charge in [-0.2, -0.15) is 11.8 Å². The molecule has 118 valence electrons. The molecule has 0 bridgehead atoms. The molecule has 0 aliphatic carbocycles. The molecule has 1 rings (SSSR count). The number of carbonyl (C=O) groups excluding carboxylic acids is 2. The van der Waals surface area contributed by atoms with E-state index >= 15 is 0 Å². The number of anilines is 2. The maximum Gasteiger partial charge on any atom is 0.318 e. The molecule has 0 radical (unpaired) electrons. The minimum absolute atomic E-state index is 0. The Bertz CT molecular complexity index is 473.